The summed E-state index contributed by atoms with van der Waals surface area (Å²) in [6, 6.07) is 0. The summed E-state index contributed by atoms with van der Waals surface area (Å²) in [6.45, 7) is 0.646. The van der Waals surface area contributed by atoms with Crippen molar-refractivity contribution in [2.45, 2.75) is 25.1 Å². The van der Waals surface area contributed by atoms with Gasteiger partial charge in [0, 0.05) is 6.42 Å². The molecule has 0 aliphatic carbocycles. The van der Waals surface area contributed by atoms with Crippen molar-refractivity contribution in [3.05, 3.63) is 0 Å². The summed E-state index contributed by atoms with van der Waals surface area (Å²) in [7, 11) is 0. The van der Waals surface area contributed by atoms with Crippen LogP contribution in [0.3, 0.4) is 0 Å². The van der Waals surface area contributed by atoms with Gasteiger partial charge in [0.05, 0.1) is 0 Å². The van der Waals surface area contributed by atoms with E-state index in [9.17, 15) is 13.2 Å². The Bertz CT molecular complexity index is 151. The maximum Gasteiger partial charge on any atom is 0.417 e. The Morgan fingerprint density at radius 2 is 1.90 bits per heavy atom. The van der Waals surface area contributed by atoms with Crippen LogP contribution in [0.25, 0.3) is 0 Å². The fourth-order valence-electron chi connectivity index (χ4n) is 0.299. The van der Waals surface area contributed by atoms with E-state index in [4.69, 9.17) is 5.11 Å². The lowest BCUT2D eigenvalue weighted by Crippen LogP contribution is -2.41. The van der Waals surface area contributed by atoms with Crippen LogP contribution in [0.4, 0.5) is 13.2 Å². The van der Waals surface area contributed by atoms with E-state index in [1.807, 2.05) is 0 Å². The molecule has 0 aliphatic heterocycles. The lowest BCUT2D eigenvalue weighted by molar-refractivity contribution is -0.250. The van der Waals surface area contributed by atoms with Gasteiger partial charge in [-0.15, -0.1) is 12.3 Å². The molecule has 10 heavy (non-hydrogen) atoms. The van der Waals surface area contributed by atoms with E-state index < -0.39 is 18.2 Å². The molecule has 0 aromatic rings. The maximum absolute atomic E-state index is 11.7. The molecule has 0 rings (SSSR count). The molecule has 0 bridgehead atoms. The van der Waals surface area contributed by atoms with Crippen LogP contribution in [-0.2, 0) is 0 Å². The molecule has 1 N–H and O–H groups in total. The first-order valence-corrected chi connectivity index (χ1v) is 2.54. The zero-order valence-corrected chi connectivity index (χ0v) is 5.37. The molecule has 58 valence electrons. The van der Waals surface area contributed by atoms with E-state index in [1.165, 1.54) is 0 Å². The van der Waals surface area contributed by atoms with Gasteiger partial charge < -0.3 is 5.11 Å². The van der Waals surface area contributed by atoms with Crippen molar-refractivity contribution < 1.29 is 18.3 Å². The number of halogens is 3. The average molecular weight is 152 g/mol. The third kappa shape index (κ3) is 1.92. The van der Waals surface area contributed by atoms with E-state index in [0.717, 1.165) is 0 Å². The molecule has 1 unspecified atom stereocenters. The van der Waals surface area contributed by atoms with Gasteiger partial charge in [-0.25, -0.2) is 0 Å². The normalized spacial score (nSPS) is 17.6. The Hall–Kier alpha value is -0.690. The predicted octanol–water partition coefficient (Wildman–Crippen LogP) is 1.32. The summed E-state index contributed by atoms with van der Waals surface area (Å²) in [6.07, 6.45) is -0.750. The van der Waals surface area contributed by atoms with Gasteiger partial charge in [0.15, 0.2) is 5.60 Å². The highest BCUT2D eigenvalue weighted by molar-refractivity contribution is 4.96. The second kappa shape index (κ2) is 2.51. The van der Waals surface area contributed by atoms with E-state index in [1.54, 1.807) is 5.92 Å². The van der Waals surface area contributed by atoms with Crippen LogP contribution >= 0.6 is 0 Å². The van der Waals surface area contributed by atoms with Gasteiger partial charge >= 0.3 is 6.18 Å². The molecule has 0 spiro atoms. The minimum atomic E-state index is -4.64. The molecule has 4 heteroatoms. The second-order valence-electron chi connectivity index (χ2n) is 2.15. The van der Waals surface area contributed by atoms with E-state index >= 15 is 0 Å². The van der Waals surface area contributed by atoms with Crippen molar-refractivity contribution in [1.82, 2.24) is 0 Å². The van der Waals surface area contributed by atoms with Gasteiger partial charge in [0.1, 0.15) is 0 Å². The van der Waals surface area contributed by atoms with E-state index in [-0.39, 0.29) is 0 Å². The summed E-state index contributed by atoms with van der Waals surface area (Å²) in [5, 5.41) is 8.58. The van der Waals surface area contributed by atoms with Crippen molar-refractivity contribution in [3.63, 3.8) is 0 Å². The largest absolute Gasteiger partial charge is 0.417 e. The smallest absolute Gasteiger partial charge is 0.380 e. The fourth-order valence-corrected chi connectivity index (χ4v) is 0.299. The quantitative estimate of drug-likeness (QED) is 0.562. The van der Waals surface area contributed by atoms with E-state index in [2.05, 4.69) is 6.42 Å². The molecule has 0 aromatic carbocycles. The van der Waals surface area contributed by atoms with Crippen LogP contribution in [0.5, 0.6) is 0 Å². The first-order chi connectivity index (χ1) is 4.31. The Kier molecular flexibility index (Phi) is 2.33. The van der Waals surface area contributed by atoms with Gasteiger partial charge in [-0.3, -0.25) is 0 Å². The van der Waals surface area contributed by atoms with Crippen LogP contribution in [0.15, 0.2) is 0 Å². The first kappa shape index (κ1) is 9.31. The monoisotopic (exact) mass is 152 g/mol. The zero-order chi connectivity index (χ0) is 8.41. The number of rotatable bonds is 1. The van der Waals surface area contributed by atoms with Gasteiger partial charge in [-0.05, 0) is 6.92 Å². The maximum atomic E-state index is 11.7. The van der Waals surface area contributed by atoms with Crippen molar-refractivity contribution in [2.24, 2.45) is 0 Å². The Morgan fingerprint density at radius 3 is 2.00 bits per heavy atom. The van der Waals surface area contributed by atoms with Crippen molar-refractivity contribution in [3.8, 4) is 12.3 Å². The molecule has 1 atom stereocenters. The molecule has 0 aliphatic rings. The third-order valence-electron chi connectivity index (χ3n) is 1.06. The lowest BCUT2D eigenvalue weighted by Gasteiger charge is -2.23. The molecule has 1 nitrogen and oxygen atoms in total. The number of terminal acetylenes is 1. The number of aliphatic hydroxyl groups is 1. The molecule has 0 fully saturated rings. The molecular weight excluding hydrogens is 145 g/mol. The average Bonchev–Trinajstić information content (AvgIpc) is 1.61. The predicted molar refractivity (Wildman–Crippen MR) is 30.1 cm³/mol. The standard InChI is InChI=1S/C6H7F3O/c1-3-4-5(2,10)6(7,8)9/h1,10H,4H2,2H3. The summed E-state index contributed by atoms with van der Waals surface area (Å²) in [4.78, 5) is 0. The Balaban J connectivity index is 4.28. The van der Waals surface area contributed by atoms with Crippen LogP contribution in [0, 0.1) is 12.3 Å². The number of hydrogen-bond acceptors (Lipinski definition) is 1. The number of alkyl halides is 3. The van der Waals surface area contributed by atoms with Gasteiger partial charge in [0.25, 0.3) is 0 Å². The van der Waals surface area contributed by atoms with Crippen molar-refractivity contribution in [1.29, 1.82) is 0 Å². The van der Waals surface area contributed by atoms with Crippen LogP contribution in [-0.4, -0.2) is 16.9 Å². The highest BCUT2D eigenvalue weighted by Crippen LogP contribution is 2.31. The summed E-state index contributed by atoms with van der Waals surface area (Å²) < 4.78 is 35.0. The minimum Gasteiger partial charge on any atom is -0.380 e. The van der Waals surface area contributed by atoms with Crippen molar-refractivity contribution in [2.75, 3.05) is 0 Å². The Morgan fingerprint density at radius 1 is 1.50 bits per heavy atom. The molecular formula is C6H7F3O. The highest BCUT2D eigenvalue weighted by atomic mass is 19.4. The molecule has 0 radical (unpaired) electrons. The topological polar surface area (TPSA) is 20.2 Å². The number of hydrogen-bond donors (Lipinski definition) is 1. The van der Waals surface area contributed by atoms with Crippen LogP contribution in [0.2, 0.25) is 0 Å². The molecule has 0 amide bonds. The second-order valence-corrected chi connectivity index (χ2v) is 2.15. The summed E-state index contributed by atoms with van der Waals surface area (Å²) >= 11 is 0. The minimum absolute atomic E-state index is 0.646. The highest BCUT2D eigenvalue weighted by Gasteiger charge is 2.49. The van der Waals surface area contributed by atoms with Gasteiger partial charge in [-0.1, -0.05) is 0 Å². The van der Waals surface area contributed by atoms with Crippen molar-refractivity contribution >= 4 is 0 Å². The molecule has 0 saturated heterocycles. The fraction of sp³-hybridized carbons (Fsp3) is 0.667. The molecule has 0 saturated carbocycles. The van der Waals surface area contributed by atoms with Crippen LogP contribution in [0.1, 0.15) is 13.3 Å². The zero-order valence-electron chi connectivity index (χ0n) is 5.37. The van der Waals surface area contributed by atoms with E-state index in [0.29, 0.717) is 6.92 Å². The SMILES string of the molecule is C#CCC(C)(O)C(F)(F)F. The van der Waals surface area contributed by atoms with Crippen LogP contribution < -0.4 is 0 Å². The molecule has 0 heterocycles. The third-order valence-corrected chi connectivity index (χ3v) is 1.06. The lowest BCUT2D eigenvalue weighted by atomic mass is 10.0. The summed E-state index contributed by atoms with van der Waals surface area (Å²) in [5.74, 6) is 1.74. The van der Waals surface area contributed by atoms with Gasteiger partial charge in [-0.2, -0.15) is 13.2 Å². The van der Waals surface area contributed by atoms with Gasteiger partial charge in [0.2, 0.25) is 0 Å². The first-order valence-electron chi connectivity index (χ1n) is 2.54. The Labute approximate surface area is 56.9 Å². The summed E-state index contributed by atoms with van der Waals surface area (Å²) in [5.41, 5.74) is -2.75. The molecule has 0 aromatic heterocycles.